The summed E-state index contributed by atoms with van der Waals surface area (Å²) < 4.78 is 5.57. The summed E-state index contributed by atoms with van der Waals surface area (Å²) in [5.74, 6) is 0.209. The SMILES string of the molecule is CC(CO)c1cnc(CC2CCCO2)s1. The first-order valence-corrected chi connectivity index (χ1v) is 6.28. The fraction of sp³-hybridized carbons (Fsp3) is 0.727. The Hall–Kier alpha value is -0.450. The summed E-state index contributed by atoms with van der Waals surface area (Å²) in [6.45, 7) is 3.11. The second-order valence-electron chi connectivity index (χ2n) is 4.08. The maximum atomic E-state index is 9.04. The minimum atomic E-state index is 0.196. The van der Waals surface area contributed by atoms with Crippen LogP contribution in [0.4, 0.5) is 0 Å². The fourth-order valence-electron chi connectivity index (χ4n) is 1.74. The highest BCUT2D eigenvalue weighted by Crippen LogP contribution is 2.25. The largest absolute Gasteiger partial charge is 0.396 e. The minimum absolute atomic E-state index is 0.196. The third-order valence-corrected chi connectivity index (χ3v) is 4.01. The van der Waals surface area contributed by atoms with Gasteiger partial charge < -0.3 is 9.84 Å². The summed E-state index contributed by atoms with van der Waals surface area (Å²) in [5.41, 5.74) is 0. The number of rotatable bonds is 4. The number of aliphatic hydroxyl groups is 1. The second kappa shape index (κ2) is 5.05. The lowest BCUT2D eigenvalue weighted by Crippen LogP contribution is -2.08. The number of ether oxygens (including phenoxy) is 1. The molecule has 1 saturated heterocycles. The molecule has 2 heterocycles. The Labute approximate surface area is 94.1 Å². The molecule has 0 aliphatic carbocycles. The molecule has 0 spiro atoms. The molecule has 15 heavy (non-hydrogen) atoms. The van der Waals surface area contributed by atoms with Crippen molar-refractivity contribution in [1.82, 2.24) is 4.98 Å². The molecule has 0 bridgehead atoms. The van der Waals surface area contributed by atoms with Crippen LogP contribution in [0.2, 0.25) is 0 Å². The third kappa shape index (κ3) is 2.77. The zero-order valence-electron chi connectivity index (χ0n) is 8.98. The number of thiazole rings is 1. The number of hydrogen-bond acceptors (Lipinski definition) is 4. The first-order chi connectivity index (χ1) is 7.29. The number of nitrogens with zero attached hydrogens (tertiary/aromatic N) is 1. The standard InChI is InChI=1S/C11H17NO2S/c1-8(7-13)10-6-12-11(15-10)5-9-3-2-4-14-9/h6,8-9,13H,2-5,7H2,1H3. The smallest absolute Gasteiger partial charge is 0.0953 e. The lowest BCUT2D eigenvalue weighted by atomic mass is 10.2. The van der Waals surface area contributed by atoms with Crippen molar-refractivity contribution in [3.8, 4) is 0 Å². The van der Waals surface area contributed by atoms with Crippen molar-refractivity contribution in [1.29, 1.82) is 0 Å². The Morgan fingerprint density at radius 2 is 2.60 bits per heavy atom. The van der Waals surface area contributed by atoms with Crippen LogP contribution in [0, 0.1) is 0 Å². The van der Waals surface area contributed by atoms with Gasteiger partial charge in [-0.2, -0.15) is 0 Å². The summed E-state index contributed by atoms with van der Waals surface area (Å²) in [5, 5.41) is 10.2. The van der Waals surface area contributed by atoms with Gasteiger partial charge in [-0.25, -0.2) is 4.98 Å². The van der Waals surface area contributed by atoms with Crippen molar-refractivity contribution in [2.75, 3.05) is 13.2 Å². The monoisotopic (exact) mass is 227 g/mol. The Morgan fingerprint density at radius 3 is 3.27 bits per heavy atom. The average molecular weight is 227 g/mol. The van der Waals surface area contributed by atoms with E-state index in [1.807, 2.05) is 13.1 Å². The highest BCUT2D eigenvalue weighted by atomic mass is 32.1. The van der Waals surface area contributed by atoms with Crippen molar-refractivity contribution in [2.24, 2.45) is 0 Å². The van der Waals surface area contributed by atoms with Crippen molar-refractivity contribution in [2.45, 2.75) is 38.2 Å². The Kier molecular flexibility index (Phi) is 3.72. The second-order valence-corrected chi connectivity index (χ2v) is 5.23. The van der Waals surface area contributed by atoms with Gasteiger partial charge in [0.2, 0.25) is 0 Å². The summed E-state index contributed by atoms with van der Waals surface area (Å²) in [7, 11) is 0. The molecule has 1 N–H and O–H groups in total. The van der Waals surface area contributed by atoms with Crippen LogP contribution in [0.1, 0.15) is 35.6 Å². The summed E-state index contributed by atoms with van der Waals surface area (Å²) in [6, 6.07) is 0. The van der Waals surface area contributed by atoms with E-state index in [4.69, 9.17) is 9.84 Å². The molecule has 2 unspecified atom stereocenters. The molecular formula is C11H17NO2S. The molecule has 0 radical (unpaired) electrons. The molecule has 1 fully saturated rings. The van der Waals surface area contributed by atoms with E-state index in [1.54, 1.807) is 11.3 Å². The van der Waals surface area contributed by atoms with Crippen LogP contribution in [0.3, 0.4) is 0 Å². The van der Waals surface area contributed by atoms with Gasteiger partial charge in [0, 0.05) is 30.0 Å². The van der Waals surface area contributed by atoms with Crippen LogP contribution in [-0.4, -0.2) is 29.4 Å². The van der Waals surface area contributed by atoms with Gasteiger partial charge >= 0.3 is 0 Å². The van der Waals surface area contributed by atoms with Gasteiger partial charge in [-0.3, -0.25) is 0 Å². The van der Waals surface area contributed by atoms with E-state index in [-0.39, 0.29) is 12.5 Å². The molecule has 1 aliphatic heterocycles. The topological polar surface area (TPSA) is 42.4 Å². The number of hydrogen-bond donors (Lipinski definition) is 1. The average Bonchev–Trinajstić information content (AvgIpc) is 2.88. The summed E-state index contributed by atoms with van der Waals surface area (Å²) in [4.78, 5) is 5.55. The van der Waals surface area contributed by atoms with Crippen LogP contribution in [0.15, 0.2) is 6.20 Å². The van der Waals surface area contributed by atoms with Crippen LogP contribution in [0.25, 0.3) is 0 Å². The molecule has 2 atom stereocenters. The summed E-state index contributed by atoms with van der Waals surface area (Å²) in [6.07, 6.45) is 5.52. The third-order valence-electron chi connectivity index (χ3n) is 2.76. The molecule has 1 aromatic heterocycles. The van der Waals surface area contributed by atoms with Crippen molar-refractivity contribution in [3.05, 3.63) is 16.1 Å². The maximum absolute atomic E-state index is 9.04. The lowest BCUT2D eigenvalue weighted by Gasteiger charge is -2.05. The van der Waals surface area contributed by atoms with Crippen LogP contribution < -0.4 is 0 Å². The van der Waals surface area contributed by atoms with Crippen LogP contribution in [0.5, 0.6) is 0 Å². The van der Waals surface area contributed by atoms with Crippen LogP contribution >= 0.6 is 11.3 Å². The van der Waals surface area contributed by atoms with Crippen molar-refractivity contribution >= 4 is 11.3 Å². The van der Waals surface area contributed by atoms with Gasteiger partial charge in [-0.15, -0.1) is 11.3 Å². The predicted octanol–water partition coefficient (Wildman–Crippen LogP) is 1.96. The number of aliphatic hydroxyl groups excluding tert-OH is 1. The molecule has 0 aromatic carbocycles. The van der Waals surface area contributed by atoms with E-state index < -0.39 is 0 Å². The van der Waals surface area contributed by atoms with Gasteiger partial charge in [0.25, 0.3) is 0 Å². The van der Waals surface area contributed by atoms with Gasteiger partial charge in [0.1, 0.15) is 0 Å². The van der Waals surface area contributed by atoms with Crippen LogP contribution in [-0.2, 0) is 11.2 Å². The quantitative estimate of drug-likeness (QED) is 0.855. The zero-order valence-corrected chi connectivity index (χ0v) is 9.80. The molecule has 84 valence electrons. The van der Waals surface area contributed by atoms with E-state index in [0.29, 0.717) is 6.10 Å². The first-order valence-electron chi connectivity index (χ1n) is 5.46. The lowest BCUT2D eigenvalue weighted by molar-refractivity contribution is 0.111. The Balaban J connectivity index is 1.94. The zero-order chi connectivity index (χ0) is 10.7. The molecule has 3 nitrogen and oxygen atoms in total. The maximum Gasteiger partial charge on any atom is 0.0953 e. The van der Waals surface area contributed by atoms with Gasteiger partial charge in [-0.05, 0) is 12.8 Å². The van der Waals surface area contributed by atoms with Gasteiger partial charge in [0.05, 0.1) is 17.7 Å². The predicted molar refractivity (Wildman–Crippen MR) is 60.3 cm³/mol. The van der Waals surface area contributed by atoms with E-state index in [0.717, 1.165) is 24.5 Å². The van der Waals surface area contributed by atoms with E-state index >= 15 is 0 Å². The fourth-order valence-corrected chi connectivity index (χ4v) is 2.76. The van der Waals surface area contributed by atoms with E-state index in [9.17, 15) is 0 Å². The molecule has 0 saturated carbocycles. The van der Waals surface area contributed by atoms with Gasteiger partial charge in [0.15, 0.2) is 0 Å². The van der Waals surface area contributed by atoms with E-state index in [1.165, 1.54) is 11.3 Å². The molecule has 0 amide bonds. The first kappa shape index (κ1) is 11.0. The Morgan fingerprint density at radius 1 is 1.73 bits per heavy atom. The van der Waals surface area contributed by atoms with Crippen molar-refractivity contribution < 1.29 is 9.84 Å². The van der Waals surface area contributed by atoms with Crippen molar-refractivity contribution in [3.63, 3.8) is 0 Å². The normalized spacial score (nSPS) is 23.2. The van der Waals surface area contributed by atoms with Gasteiger partial charge in [-0.1, -0.05) is 6.92 Å². The highest BCUT2D eigenvalue weighted by molar-refractivity contribution is 7.11. The number of aromatic nitrogens is 1. The molecule has 4 heteroatoms. The summed E-state index contributed by atoms with van der Waals surface area (Å²) >= 11 is 1.70. The molecule has 1 aromatic rings. The van der Waals surface area contributed by atoms with E-state index in [2.05, 4.69) is 4.98 Å². The molecular weight excluding hydrogens is 210 g/mol. The Bertz CT molecular complexity index is 307. The highest BCUT2D eigenvalue weighted by Gasteiger charge is 2.18. The minimum Gasteiger partial charge on any atom is -0.396 e. The molecule has 1 aliphatic rings. The molecule has 2 rings (SSSR count).